The Labute approximate surface area is 75.4 Å². The molecule has 1 atom stereocenters. The summed E-state index contributed by atoms with van der Waals surface area (Å²) in [5, 5.41) is 0. The molecule has 0 aromatic heterocycles. The van der Waals surface area contributed by atoms with E-state index in [0.717, 1.165) is 6.29 Å². The van der Waals surface area contributed by atoms with Crippen molar-refractivity contribution in [3.05, 3.63) is 0 Å². The second-order valence-electron chi connectivity index (χ2n) is 3.65. The van der Waals surface area contributed by atoms with Crippen molar-refractivity contribution >= 4 is 22.4 Å². The number of hydrogen-bond donors (Lipinski definition) is 0. The van der Waals surface area contributed by atoms with E-state index >= 15 is 0 Å². The number of carbonyl (C=O) groups excluding carboxylic acids is 1. The van der Waals surface area contributed by atoms with Crippen LogP contribution in [0.15, 0.2) is 0 Å². The number of aldehydes is 1. The lowest BCUT2D eigenvalue weighted by Crippen LogP contribution is -2.24. The second kappa shape index (κ2) is 5.68. The van der Waals surface area contributed by atoms with E-state index < -0.39 is 16.1 Å². The fraction of sp³-hybridized carbons (Fsp3) is 0.857. The molecule has 0 aliphatic carbocycles. The van der Waals surface area contributed by atoms with Crippen LogP contribution in [0.2, 0.25) is 19.6 Å². The summed E-state index contributed by atoms with van der Waals surface area (Å²) < 4.78 is 16.6. The molecule has 1 unspecified atom stereocenters. The summed E-state index contributed by atoms with van der Waals surface area (Å²) in [6.45, 7) is 6.17. The summed E-state index contributed by atoms with van der Waals surface area (Å²) in [7, 11) is -3.18. The zero-order chi connectivity index (χ0) is 9.61. The molecule has 0 amide bonds. The third-order valence-corrected chi connectivity index (χ3v) is 3.82. The fourth-order valence-corrected chi connectivity index (χ4v) is 3.55. The molecule has 0 heterocycles. The van der Waals surface area contributed by atoms with E-state index in [-0.39, 0.29) is 0 Å². The molecule has 0 spiro atoms. The summed E-state index contributed by atoms with van der Waals surface area (Å²) in [5.41, 5.74) is 0. The first kappa shape index (κ1) is 12.1. The van der Waals surface area contributed by atoms with Gasteiger partial charge in [0.05, 0.1) is 14.1 Å². The van der Waals surface area contributed by atoms with Gasteiger partial charge in [-0.2, -0.15) is 0 Å². The van der Waals surface area contributed by atoms with Gasteiger partial charge >= 0.3 is 0 Å². The van der Waals surface area contributed by atoms with Gasteiger partial charge in [-0.25, -0.2) is 0 Å². The first-order valence-corrected chi connectivity index (χ1v) is 9.28. The predicted molar refractivity (Wildman–Crippen MR) is 53.8 cm³/mol. The lowest BCUT2D eigenvalue weighted by molar-refractivity contribution is -0.107. The van der Waals surface area contributed by atoms with Gasteiger partial charge in [-0.1, -0.05) is 0 Å². The zero-order valence-electron chi connectivity index (χ0n) is 7.92. The van der Waals surface area contributed by atoms with Crippen molar-refractivity contribution in [2.24, 2.45) is 0 Å². The number of rotatable bonds is 6. The highest BCUT2D eigenvalue weighted by atomic mass is 31.1. The SMILES string of the molecule is C[Si](C)(C)OC[PH](=O)CCC=O. The van der Waals surface area contributed by atoms with Crippen molar-refractivity contribution in [1.29, 1.82) is 0 Å². The highest BCUT2D eigenvalue weighted by Gasteiger charge is 2.14. The standard InChI is InChI=1S/C7H17O3PSi/c1-12(2,3)10-7-11(9)6-4-5-8/h5,11H,4,6-7H2,1-3H3. The van der Waals surface area contributed by atoms with Gasteiger partial charge in [0.15, 0.2) is 8.32 Å². The van der Waals surface area contributed by atoms with Crippen molar-refractivity contribution in [3.8, 4) is 0 Å². The molecule has 0 saturated heterocycles. The zero-order valence-corrected chi connectivity index (χ0v) is 9.92. The molecule has 0 radical (unpaired) electrons. The minimum Gasteiger partial charge on any atom is -0.411 e. The smallest absolute Gasteiger partial charge is 0.184 e. The Balaban J connectivity index is 3.51. The second-order valence-corrected chi connectivity index (χ2v) is 10.0. The molecule has 0 fully saturated rings. The first-order valence-electron chi connectivity index (χ1n) is 4.05. The molecule has 5 heteroatoms. The van der Waals surface area contributed by atoms with Crippen LogP contribution in [-0.2, 0) is 13.8 Å². The Hall–Kier alpha value is 0.0769. The third-order valence-electron chi connectivity index (χ3n) is 1.21. The van der Waals surface area contributed by atoms with Gasteiger partial charge in [-0.15, -0.1) is 0 Å². The summed E-state index contributed by atoms with van der Waals surface area (Å²) in [6.07, 6.45) is 2.05. The van der Waals surface area contributed by atoms with Gasteiger partial charge in [0.2, 0.25) is 0 Å². The normalized spacial score (nSPS) is 14.2. The highest BCUT2D eigenvalue weighted by molar-refractivity contribution is 7.44. The summed E-state index contributed by atoms with van der Waals surface area (Å²) in [6, 6.07) is 0. The molecule has 0 aromatic carbocycles. The molecule has 0 bridgehead atoms. The maximum Gasteiger partial charge on any atom is 0.184 e. The van der Waals surface area contributed by atoms with E-state index in [1.54, 1.807) is 0 Å². The maximum atomic E-state index is 11.2. The van der Waals surface area contributed by atoms with Gasteiger partial charge in [-0.05, 0) is 19.6 Å². The van der Waals surface area contributed by atoms with Gasteiger partial charge < -0.3 is 13.8 Å². The molecule has 72 valence electrons. The Morgan fingerprint density at radius 2 is 2.00 bits per heavy atom. The van der Waals surface area contributed by atoms with Crippen molar-refractivity contribution in [1.82, 2.24) is 0 Å². The van der Waals surface area contributed by atoms with Crippen molar-refractivity contribution in [2.45, 2.75) is 26.1 Å². The molecular weight excluding hydrogens is 191 g/mol. The summed E-state index contributed by atoms with van der Waals surface area (Å²) in [5.74, 6) is 0. The highest BCUT2D eigenvalue weighted by Crippen LogP contribution is 2.22. The molecule has 0 aromatic rings. The number of carbonyl (C=O) groups is 1. The molecule has 12 heavy (non-hydrogen) atoms. The van der Waals surface area contributed by atoms with Crippen LogP contribution in [0, 0.1) is 0 Å². The van der Waals surface area contributed by atoms with Crippen molar-refractivity contribution in [2.75, 3.05) is 12.5 Å². The Morgan fingerprint density at radius 3 is 2.42 bits per heavy atom. The lowest BCUT2D eigenvalue weighted by atomic mass is 10.6. The van der Waals surface area contributed by atoms with Gasteiger partial charge in [-0.3, -0.25) is 0 Å². The Morgan fingerprint density at radius 1 is 1.42 bits per heavy atom. The van der Waals surface area contributed by atoms with Crippen molar-refractivity contribution in [3.63, 3.8) is 0 Å². The van der Waals surface area contributed by atoms with E-state index in [0.29, 0.717) is 18.9 Å². The van der Waals surface area contributed by atoms with Gasteiger partial charge in [0.1, 0.15) is 6.29 Å². The molecule has 0 aliphatic heterocycles. The van der Waals surface area contributed by atoms with E-state index in [4.69, 9.17) is 4.43 Å². The van der Waals surface area contributed by atoms with Gasteiger partial charge in [0.25, 0.3) is 0 Å². The summed E-state index contributed by atoms with van der Waals surface area (Å²) >= 11 is 0. The topological polar surface area (TPSA) is 43.4 Å². The number of hydrogen-bond acceptors (Lipinski definition) is 3. The van der Waals surface area contributed by atoms with Crippen LogP contribution in [-0.4, -0.2) is 27.1 Å². The average molecular weight is 208 g/mol. The molecule has 0 saturated carbocycles. The lowest BCUT2D eigenvalue weighted by Gasteiger charge is -2.16. The van der Waals surface area contributed by atoms with Crippen LogP contribution < -0.4 is 0 Å². The van der Waals surface area contributed by atoms with Gasteiger partial charge in [0, 0.05) is 12.6 Å². The van der Waals surface area contributed by atoms with E-state index in [1.807, 2.05) is 0 Å². The monoisotopic (exact) mass is 208 g/mol. The van der Waals surface area contributed by atoms with Crippen LogP contribution in [0.1, 0.15) is 6.42 Å². The quantitative estimate of drug-likeness (QED) is 0.380. The first-order chi connectivity index (χ1) is 5.45. The Kier molecular flexibility index (Phi) is 5.71. The van der Waals surface area contributed by atoms with Crippen LogP contribution in [0.5, 0.6) is 0 Å². The van der Waals surface area contributed by atoms with E-state index in [2.05, 4.69) is 19.6 Å². The maximum absolute atomic E-state index is 11.2. The summed E-state index contributed by atoms with van der Waals surface area (Å²) in [4.78, 5) is 9.96. The molecule has 3 nitrogen and oxygen atoms in total. The van der Waals surface area contributed by atoms with Crippen LogP contribution in [0.3, 0.4) is 0 Å². The molecule has 0 rings (SSSR count). The van der Waals surface area contributed by atoms with Crippen LogP contribution in [0.25, 0.3) is 0 Å². The molecule has 0 aliphatic rings. The largest absolute Gasteiger partial charge is 0.411 e. The van der Waals surface area contributed by atoms with E-state index in [1.165, 1.54) is 0 Å². The van der Waals surface area contributed by atoms with E-state index in [9.17, 15) is 9.36 Å². The van der Waals surface area contributed by atoms with Crippen LogP contribution in [0.4, 0.5) is 0 Å². The molecule has 0 N–H and O–H groups in total. The van der Waals surface area contributed by atoms with Crippen molar-refractivity contribution < 1.29 is 13.8 Å². The van der Waals surface area contributed by atoms with Crippen LogP contribution >= 0.6 is 7.80 Å². The average Bonchev–Trinajstić information content (AvgIpc) is 1.95. The minimum absolute atomic E-state index is 0.355. The third kappa shape index (κ3) is 8.18. The Bertz CT molecular complexity index is 165. The predicted octanol–water partition coefficient (Wildman–Crippen LogP) is 1.94. The fourth-order valence-electron chi connectivity index (χ4n) is 0.589. The minimum atomic E-state index is -1.65. The molecular formula is C7H17O3PSi.